The molecule has 5 rings (SSSR count). The largest absolute Gasteiger partial charge is 0.493 e. The zero-order valence-corrected chi connectivity index (χ0v) is 20.2. The van der Waals surface area contributed by atoms with E-state index in [1.165, 1.54) is 25.9 Å². The van der Waals surface area contributed by atoms with Crippen LogP contribution in [0.1, 0.15) is 51.5 Å². The molecule has 0 radical (unpaired) electrons. The average molecular weight is 485 g/mol. The predicted molar refractivity (Wildman–Crippen MR) is 138 cm³/mol. The van der Waals surface area contributed by atoms with Crippen LogP contribution in [0, 0.1) is 5.92 Å². The van der Waals surface area contributed by atoms with Crippen molar-refractivity contribution in [3.63, 3.8) is 0 Å². The second-order valence-electron chi connectivity index (χ2n) is 8.91. The number of allylic oxidation sites excluding steroid dienone is 1. The van der Waals surface area contributed by atoms with Gasteiger partial charge in [0.15, 0.2) is 17.3 Å². The molecule has 0 amide bonds. The zero-order valence-electron chi connectivity index (χ0n) is 20.2. The quantitative estimate of drug-likeness (QED) is 0.365. The molecular weight excluding hydrogens is 456 g/mol. The Bertz CT molecular complexity index is 1370. The zero-order chi connectivity index (χ0) is 25.2. The smallest absolute Gasteiger partial charge is 0.221 e. The summed E-state index contributed by atoms with van der Waals surface area (Å²) in [6.45, 7) is 0. The maximum Gasteiger partial charge on any atom is 0.221 e. The van der Waals surface area contributed by atoms with Gasteiger partial charge in [0, 0.05) is 30.5 Å². The maximum absolute atomic E-state index is 13.4. The molecule has 1 saturated carbocycles. The Morgan fingerprint density at radius 2 is 1.97 bits per heavy atom. The van der Waals surface area contributed by atoms with E-state index in [1.807, 2.05) is 29.4 Å². The van der Waals surface area contributed by atoms with Gasteiger partial charge in [-0.1, -0.05) is 24.3 Å². The van der Waals surface area contributed by atoms with Crippen LogP contribution < -0.4 is 20.9 Å². The van der Waals surface area contributed by atoms with Crippen LogP contribution in [0.4, 0.5) is 11.8 Å². The minimum absolute atomic E-state index is 0.108. The summed E-state index contributed by atoms with van der Waals surface area (Å²) in [6, 6.07) is 12.0. The summed E-state index contributed by atoms with van der Waals surface area (Å²) in [5.41, 5.74) is 15.9. The Morgan fingerprint density at radius 1 is 1.17 bits per heavy atom. The molecule has 9 nitrogen and oxygen atoms in total. The summed E-state index contributed by atoms with van der Waals surface area (Å²) < 4.78 is 11.1. The van der Waals surface area contributed by atoms with Gasteiger partial charge in [0.1, 0.15) is 5.82 Å². The molecule has 0 saturated heterocycles. The van der Waals surface area contributed by atoms with Crippen molar-refractivity contribution in [3.05, 3.63) is 82.7 Å². The molecular formula is C27H28N6O3. The molecule has 4 N–H and O–H groups in total. The van der Waals surface area contributed by atoms with E-state index in [4.69, 9.17) is 20.9 Å². The SMILES string of the molecule is COc1cc(Cc2cnc(N)nc2N)cc(C(=O)/C=C/N2N=Cc3ccccc3C2C2CC2)c1OC. The van der Waals surface area contributed by atoms with Crippen molar-refractivity contribution in [2.75, 3.05) is 25.7 Å². The molecule has 1 aliphatic carbocycles. The lowest BCUT2D eigenvalue weighted by Gasteiger charge is -2.31. The van der Waals surface area contributed by atoms with Crippen LogP contribution in [-0.2, 0) is 6.42 Å². The van der Waals surface area contributed by atoms with Gasteiger partial charge in [-0.3, -0.25) is 9.80 Å². The third-order valence-corrected chi connectivity index (χ3v) is 6.49. The highest BCUT2D eigenvalue weighted by Crippen LogP contribution is 2.46. The van der Waals surface area contributed by atoms with E-state index >= 15 is 0 Å². The molecule has 2 aliphatic rings. The number of hydrogen-bond acceptors (Lipinski definition) is 9. The van der Waals surface area contributed by atoms with Gasteiger partial charge >= 0.3 is 0 Å². The summed E-state index contributed by atoms with van der Waals surface area (Å²) in [6.07, 6.45) is 9.40. The fourth-order valence-corrected chi connectivity index (χ4v) is 4.58. The molecule has 0 spiro atoms. The third kappa shape index (κ3) is 4.59. The number of benzene rings is 2. The van der Waals surface area contributed by atoms with Crippen LogP contribution in [0.5, 0.6) is 11.5 Å². The Hall–Kier alpha value is -4.40. The molecule has 1 aliphatic heterocycles. The van der Waals surface area contributed by atoms with Gasteiger partial charge in [-0.05, 0) is 47.6 Å². The standard InChI is InChI=1S/C27H28N6O3/c1-35-23-13-16(11-19-14-30-27(29)32-26(19)28)12-21(25(23)36-2)22(34)9-10-33-24(17-7-8-17)20-6-4-3-5-18(20)15-31-33/h3-6,9-10,12-15,17,24H,7-8,11H2,1-2H3,(H4,28,29,30,32)/b10-9+. The lowest BCUT2D eigenvalue weighted by atomic mass is 9.95. The number of nitrogens with two attached hydrogens (primary N) is 2. The topological polar surface area (TPSA) is 129 Å². The minimum Gasteiger partial charge on any atom is -0.493 e. The van der Waals surface area contributed by atoms with E-state index in [0.717, 1.165) is 24.0 Å². The molecule has 1 aromatic heterocycles. The molecule has 3 aromatic rings. The molecule has 2 aromatic carbocycles. The molecule has 9 heteroatoms. The van der Waals surface area contributed by atoms with Gasteiger partial charge in [0.2, 0.25) is 5.95 Å². The van der Waals surface area contributed by atoms with Crippen LogP contribution in [0.15, 0.2) is 60.0 Å². The van der Waals surface area contributed by atoms with Crippen molar-refractivity contribution in [1.29, 1.82) is 0 Å². The van der Waals surface area contributed by atoms with Crippen molar-refractivity contribution in [2.24, 2.45) is 11.0 Å². The molecule has 1 unspecified atom stereocenters. The Kier molecular flexibility index (Phi) is 6.28. The van der Waals surface area contributed by atoms with Gasteiger partial charge in [0.05, 0.1) is 32.0 Å². The molecule has 36 heavy (non-hydrogen) atoms. The maximum atomic E-state index is 13.4. The number of rotatable bonds is 8. The summed E-state index contributed by atoms with van der Waals surface area (Å²) in [5, 5.41) is 6.51. The number of nitrogens with zero attached hydrogens (tertiary/aromatic N) is 4. The van der Waals surface area contributed by atoms with Gasteiger partial charge in [-0.2, -0.15) is 10.1 Å². The lowest BCUT2D eigenvalue weighted by Crippen LogP contribution is -2.25. The van der Waals surface area contributed by atoms with E-state index in [2.05, 4.69) is 27.2 Å². The number of carbonyl (C=O) groups excluding carboxylic acids is 1. The van der Waals surface area contributed by atoms with Crippen molar-refractivity contribution < 1.29 is 14.3 Å². The number of ether oxygens (including phenoxy) is 2. The monoisotopic (exact) mass is 484 g/mol. The van der Waals surface area contributed by atoms with Crippen molar-refractivity contribution >= 4 is 23.8 Å². The number of anilines is 2. The van der Waals surface area contributed by atoms with Gasteiger partial charge in [0.25, 0.3) is 0 Å². The Balaban J connectivity index is 1.45. The number of hydrogen-bond donors (Lipinski definition) is 2. The lowest BCUT2D eigenvalue weighted by molar-refractivity contribution is 0.104. The normalized spacial score (nSPS) is 16.7. The fourth-order valence-electron chi connectivity index (χ4n) is 4.58. The highest BCUT2D eigenvalue weighted by atomic mass is 16.5. The van der Waals surface area contributed by atoms with E-state index in [1.54, 1.807) is 18.5 Å². The van der Waals surface area contributed by atoms with Gasteiger partial charge in [-0.15, -0.1) is 0 Å². The number of hydrazone groups is 1. The number of methoxy groups -OCH3 is 2. The highest BCUT2D eigenvalue weighted by Gasteiger charge is 2.38. The van der Waals surface area contributed by atoms with E-state index < -0.39 is 0 Å². The number of ketones is 1. The predicted octanol–water partition coefficient (Wildman–Crippen LogP) is 3.75. The van der Waals surface area contributed by atoms with Crippen LogP contribution in [0.25, 0.3) is 0 Å². The molecule has 2 heterocycles. The summed E-state index contributed by atoms with van der Waals surface area (Å²) in [4.78, 5) is 21.5. The van der Waals surface area contributed by atoms with Crippen molar-refractivity contribution in [2.45, 2.75) is 25.3 Å². The number of nitrogen functional groups attached to an aromatic ring is 2. The minimum atomic E-state index is -0.225. The van der Waals surface area contributed by atoms with E-state index in [0.29, 0.717) is 40.8 Å². The van der Waals surface area contributed by atoms with Crippen LogP contribution in [0.2, 0.25) is 0 Å². The number of carbonyl (C=O) groups is 1. The molecule has 1 atom stereocenters. The van der Waals surface area contributed by atoms with Gasteiger partial charge < -0.3 is 20.9 Å². The number of fused-ring (bicyclic) bond motifs is 1. The second-order valence-corrected chi connectivity index (χ2v) is 8.91. The third-order valence-electron chi connectivity index (χ3n) is 6.49. The Morgan fingerprint density at radius 3 is 2.69 bits per heavy atom. The summed E-state index contributed by atoms with van der Waals surface area (Å²) in [7, 11) is 3.05. The first-order valence-electron chi connectivity index (χ1n) is 11.7. The van der Waals surface area contributed by atoms with Crippen molar-refractivity contribution in [3.8, 4) is 11.5 Å². The van der Waals surface area contributed by atoms with E-state index in [9.17, 15) is 4.79 Å². The molecule has 0 bridgehead atoms. The Labute approximate surface area is 209 Å². The first-order valence-corrected chi connectivity index (χ1v) is 11.7. The molecule has 1 fully saturated rings. The summed E-state index contributed by atoms with van der Waals surface area (Å²) in [5.74, 6) is 1.51. The molecule has 184 valence electrons. The fraction of sp³-hybridized carbons (Fsp3) is 0.259. The first-order chi connectivity index (χ1) is 17.5. The number of aromatic nitrogens is 2. The van der Waals surface area contributed by atoms with Gasteiger partial charge in [-0.25, -0.2) is 4.98 Å². The first kappa shape index (κ1) is 23.3. The van der Waals surface area contributed by atoms with E-state index in [-0.39, 0.29) is 17.8 Å². The second kappa shape index (κ2) is 9.69. The van der Waals surface area contributed by atoms with Crippen LogP contribution in [0.3, 0.4) is 0 Å². The summed E-state index contributed by atoms with van der Waals surface area (Å²) >= 11 is 0. The van der Waals surface area contributed by atoms with Crippen LogP contribution in [-0.4, -0.2) is 41.2 Å². The highest BCUT2D eigenvalue weighted by molar-refractivity contribution is 6.07. The van der Waals surface area contributed by atoms with Crippen molar-refractivity contribution in [1.82, 2.24) is 15.0 Å². The average Bonchev–Trinajstić information content (AvgIpc) is 3.73. The van der Waals surface area contributed by atoms with Crippen LogP contribution >= 0.6 is 0 Å².